The molecule has 1 aliphatic carbocycles. The summed E-state index contributed by atoms with van der Waals surface area (Å²) in [5, 5.41) is 3.78. The molecule has 1 saturated carbocycles. The monoisotopic (exact) mass is 266 g/mol. The molecule has 0 spiro atoms. The van der Waals surface area contributed by atoms with E-state index in [-0.39, 0.29) is 0 Å². The van der Waals surface area contributed by atoms with Gasteiger partial charge in [0.2, 0.25) is 0 Å². The fourth-order valence-electron chi connectivity index (χ4n) is 3.46. The molecule has 3 rings (SSSR count). The number of aromatic nitrogens is 1. The van der Waals surface area contributed by atoms with E-state index < -0.39 is 0 Å². The number of nitrogens with zero attached hydrogens (tertiary/aromatic N) is 2. The molecule has 2 aliphatic rings. The van der Waals surface area contributed by atoms with E-state index >= 15 is 0 Å². The smallest absolute Gasteiger partial charge is 0.150 e. The van der Waals surface area contributed by atoms with Crippen LogP contribution in [-0.2, 0) is 16.0 Å². The molecule has 0 amide bonds. The van der Waals surface area contributed by atoms with Crippen molar-refractivity contribution >= 4 is 0 Å². The largest absolute Gasteiger partial charge is 0.381 e. The summed E-state index contributed by atoms with van der Waals surface area (Å²) in [6, 6.07) is 2.38. The van der Waals surface area contributed by atoms with Crippen LogP contribution in [0.25, 0.3) is 0 Å². The van der Waals surface area contributed by atoms with Gasteiger partial charge in [0.05, 0.1) is 32.1 Å². The fourth-order valence-corrected chi connectivity index (χ4v) is 3.46. The molecule has 0 radical (unpaired) electrons. The minimum absolute atomic E-state index is 0.379. The molecule has 0 unspecified atom stereocenters. The molecule has 5 nitrogen and oxygen atoms in total. The lowest BCUT2D eigenvalue weighted by Crippen LogP contribution is -2.50. The van der Waals surface area contributed by atoms with E-state index in [4.69, 9.17) is 14.0 Å². The van der Waals surface area contributed by atoms with Gasteiger partial charge in [-0.3, -0.25) is 4.90 Å². The van der Waals surface area contributed by atoms with E-state index in [9.17, 15) is 0 Å². The zero-order valence-electron chi connectivity index (χ0n) is 11.5. The maximum absolute atomic E-state index is 5.69. The summed E-state index contributed by atoms with van der Waals surface area (Å²) in [7, 11) is 1.83. The first-order valence-corrected chi connectivity index (χ1v) is 7.12. The first kappa shape index (κ1) is 13.1. The molecule has 2 fully saturated rings. The van der Waals surface area contributed by atoms with Crippen LogP contribution >= 0.6 is 0 Å². The lowest BCUT2D eigenvalue weighted by atomic mass is 9.94. The highest BCUT2D eigenvalue weighted by atomic mass is 16.5. The van der Waals surface area contributed by atoms with Crippen molar-refractivity contribution < 1.29 is 14.0 Å². The van der Waals surface area contributed by atoms with Crippen molar-refractivity contribution in [2.75, 3.05) is 26.9 Å². The first-order chi connectivity index (χ1) is 9.38. The standard InChI is InChI=1S/C14H22N2O3/c1-17-14-4-2-3-12(14)13-10-18-8-7-16(13)9-11-5-6-15-19-11/h5-6,12-14H,2-4,7-10H2,1H3/t12-,13+,14+/m0/s1. The molecule has 3 atom stereocenters. The second kappa shape index (κ2) is 6.03. The number of hydrogen-bond acceptors (Lipinski definition) is 5. The van der Waals surface area contributed by atoms with Crippen molar-refractivity contribution in [2.24, 2.45) is 5.92 Å². The van der Waals surface area contributed by atoms with Gasteiger partial charge in [-0.25, -0.2) is 0 Å². The van der Waals surface area contributed by atoms with Crippen molar-refractivity contribution in [1.82, 2.24) is 10.1 Å². The van der Waals surface area contributed by atoms with Crippen LogP contribution in [0.5, 0.6) is 0 Å². The zero-order valence-corrected chi connectivity index (χ0v) is 11.5. The first-order valence-electron chi connectivity index (χ1n) is 7.12. The Morgan fingerprint density at radius 3 is 3.21 bits per heavy atom. The highest BCUT2D eigenvalue weighted by Gasteiger charge is 2.38. The molecule has 1 aromatic rings. The number of morpholine rings is 1. The summed E-state index contributed by atoms with van der Waals surface area (Å²) < 4.78 is 16.6. The minimum Gasteiger partial charge on any atom is -0.381 e. The highest BCUT2D eigenvalue weighted by Crippen LogP contribution is 2.34. The molecule has 5 heteroatoms. The van der Waals surface area contributed by atoms with E-state index in [1.807, 2.05) is 13.2 Å². The molecule has 0 bridgehead atoms. The normalized spacial score (nSPS) is 32.8. The van der Waals surface area contributed by atoms with Gasteiger partial charge in [-0.05, 0) is 12.8 Å². The van der Waals surface area contributed by atoms with Gasteiger partial charge in [0.25, 0.3) is 0 Å². The van der Waals surface area contributed by atoms with Crippen molar-refractivity contribution in [3.8, 4) is 0 Å². The second-order valence-electron chi connectivity index (χ2n) is 5.46. The Labute approximate surface area is 113 Å². The molecule has 1 saturated heterocycles. The minimum atomic E-state index is 0.379. The Bertz CT molecular complexity index is 382. The van der Waals surface area contributed by atoms with Gasteiger partial charge >= 0.3 is 0 Å². The van der Waals surface area contributed by atoms with Crippen molar-refractivity contribution in [3.05, 3.63) is 18.0 Å². The van der Waals surface area contributed by atoms with Crippen molar-refractivity contribution in [3.63, 3.8) is 0 Å². The third-order valence-electron chi connectivity index (χ3n) is 4.43. The molecular weight excluding hydrogens is 244 g/mol. The molecule has 0 N–H and O–H groups in total. The Hall–Kier alpha value is -0.910. The second-order valence-corrected chi connectivity index (χ2v) is 5.46. The van der Waals surface area contributed by atoms with Crippen LogP contribution in [0.2, 0.25) is 0 Å². The summed E-state index contributed by atoms with van der Waals surface area (Å²) >= 11 is 0. The Balaban J connectivity index is 1.69. The van der Waals surface area contributed by atoms with Gasteiger partial charge in [0, 0.05) is 31.7 Å². The van der Waals surface area contributed by atoms with Crippen LogP contribution in [0.4, 0.5) is 0 Å². The molecule has 1 aliphatic heterocycles. The molecule has 0 aromatic carbocycles. The molecule has 2 heterocycles. The van der Waals surface area contributed by atoms with Gasteiger partial charge in [-0.2, -0.15) is 0 Å². The Kier molecular flexibility index (Phi) is 4.15. The number of ether oxygens (including phenoxy) is 2. The predicted molar refractivity (Wildman–Crippen MR) is 69.7 cm³/mol. The maximum Gasteiger partial charge on any atom is 0.150 e. The lowest BCUT2D eigenvalue weighted by molar-refractivity contribution is -0.0630. The van der Waals surface area contributed by atoms with Crippen LogP contribution < -0.4 is 0 Å². The zero-order chi connectivity index (χ0) is 13.1. The number of hydrogen-bond donors (Lipinski definition) is 0. The summed E-state index contributed by atoms with van der Waals surface area (Å²) in [6.45, 7) is 3.38. The van der Waals surface area contributed by atoms with Gasteiger partial charge in [-0.15, -0.1) is 0 Å². The average molecular weight is 266 g/mol. The summed E-state index contributed by atoms with van der Waals surface area (Å²) in [5.74, 6) is 1.51. The summed E-state index contributed by atoms with van der Waals surface area (Å²) in [4.78, 5) is 2.46. The topological polar surface area (TPSA) is 47.7 Å². The Morgan fingerprint density at radius 1 is 1.47 bits per heavy atom. The van der Waals surface area contributed by atoms with E-state index in [1.54, 1.807) is 6.20 Å². The van der Waals surface area contributed by atoms with Crippen molar-refractivity contribution in [2.45, 2.75) is 38.0 Å². The van der Waals surface area contributed by atoms with Crippen LogP contribution in [0.1, 0.15) is 25.0 Å². The SMILES string of the molecule is CO[C@@H]1CCC[C@H]1[C@H]1COCCN1Cc1ccno1. The van der Waals surface area contributed by atoms with Gasteiger partial charge in [0.1, 0.15) is 0 Å². The Morgan fingerprint density at radius 2 is 2.42 bits per heavy atom. The third-order valence-corrected chi connectivity index (χ3v) is 4.43. The maximum atomic E-state index is 5.69. The van der Waals surface area contributed by atoms with Crippen LogP contribution in [0, 0.1) is 5.92 Å². The third kappa shape index (κ3) is 2.83. The molecular formula is C14H22N2O3. The lowest BCUT2D eigenvalue weighted by Gasteiger charge is -2.40. The highest BCUT2D eigenvalue weighted by molar-refractivity contribution is 4.97. The summed E-state index contributed by atoms with van der Waals surface area (Å²) in [6.07, 6.45) is 5.76. The van der Waals surface area contributed by atoms with E-state index in [0.29, 0.717) is 18.1 Å². The van der Waals surface area contributed by atoms with Gasteiger partial charge < -0.3 is 14.0 Å². The average Bonchev–Trinajstić information content (AvgIpc) is 3.09. The van der Waals surface area contributed by atoms with Crippen LogP contribution in [0.15, 0.2) is 16.8 Å². The predicted octanol–water partition coefficient (Wildman–Crippen LogP) is 1.69. The van der Waals surface area contributed by atoms with E-state index in [2.05, 4.69) is 10.1 Å². The van der Waals surface area contributed by atoms with Crippen LogP contribution in [0.3, 0.4) is 0 Å². The van der Waals surface area contributed by atoms with E-state index in [1.165, 1.54) is 19.3 Å². The molecule has 1 aromatic heterocycles. The van der Waals surface area contributed by atoms with Gasteiger partial charge in [0.15, 0.2) is 5.76 Å². The number of rotatable bonds is 4. The van der Waals surface area contributed by atoms with E-state index in [0.717, 1.165) is 32.1 Å². The molecule has 106 valence electrons. The van der Waals surface area contributed by atoms with Crippen LogP contribution in [-0.4, -0.2) is 49.1 Å². The molecule has 19 heavy (non-hydrogen) atoms. The summed E-state index contributed by atoms with van der Waals surface area (Å²) in [5.41, 5.74) is 0. The van der Waals surface area contributed by atoms with Gasteiger partial charge in [-0.1, -0.05) is 11.6 Å². The van der Waals surface area contributed by atoms with Crippen molar-refractivity contribution in [1.29, 1.82) is 0 Å². The quantitative estimate of drug-likeness (QED) is 0.830. The number of methoxy groups -OCH3 is 1. The fraction of sp³-hybridized carbons (Fsp3) is 0.786.